The van der Waals surface area contributed by atoms with Gasteiger partial charge in [0.15, 0.2) is 0 Å². The number of aromatic nitrogens is 6. The number of anilines is 4. The Morgan fingerprint density at radius 1 is 0.791 bits per heavy atom. The van der Waals surface area contributed by atoms with Gasteiger partial charge in [0, 0.05) is 18.0 Å². The van der Waals surface area contributed by atoms with Crippen LogP contribution < -0.4 is 32.4 Å². The molecule has 4 aromatic rings. The molecular weight excluding hydrogens is 576 g/mol. The Morgan fingerprint density at radius 3 is 1.72 bits per heavy atom. The lowest BCUT2D eigenvalue weighted by Gasteiger charge is -2.22. The van der Waals surface area contributed by atoms with Gasteiger partial charge in [-0.2, -0.15) is 0 Å². The second kappa shape index (κ2) is 10.8. The Kier molecular flexibility index (Phi) is 7.31. The van der Waals surface area contributed by atoms with Gasteiger partial charge in [-0.25, -0.2) is 19.9 Å². The van der Waals surface area contributed by atoms with E-state index >= 15 is 0 Å². The van der Waals surface area contributed by atoms with Crippen molar-refractivity contribution in [3.05, 3.63) is 98.6 Å². The molecule has 0 aliphatic carbocycles. The highest BCUT2D eigenvalue weighted by atomic mass is 35.5. The SMILES string of the molecule is C=Cc1cc(Nc2ccncn2)c(=O)n2c1C(=O)NC2(C)C.CC1(C)NC(=O)c2c(Cl)cc(Nc3ccncn3)c(=O)n21. The monoisotopic (exact) mass is 602 g/mol. The highest BCUT2D eigenvalue weighted by molar-refractivity contribution is 6.34. The number of hydrogen-bond donors (Lipinski definition) is 4. The van der Waals surface area contributed by atoms with Crippen molar-refractivity contribution in [2.24, 2.45) is 0 Å². The van der Waals surface area contributed by atoms with Gasteiger partial charge >= 0.3 is 0 Å². The zero-order chi connectivity index (χ0) is 31.1. The topological polar surface area (TPSA) is 178 Å². The van der Waals surface area contributed by atoms with Crippen molar-refractivity contribution >= 4 is 52.5 Å². The van der Waals surface area contributed by atoms with Crippen LogP contribution in [0, 0.1) is 0 Å². The number of amides is 2. The van der Waals surface area contributed by atoms with E-state index in [1.54, 1.807) is 64.4 Å². The Morgan fingerprint density at radius 2 is 1.26 bits per heavy atom. The van der Waals surface area contributed by atoms with Crippen LogP contribution in [0.15, 0.2) is 65.5 Å². The first-order chi connectivity index (χ1) is 20.3. The number of hydrogen-bond acceptors (Lipinski definition) is 10. The Hall–Kier alpha value is -5.37. The Labute approximate surface area is 249 Å². The molecule has 0 fully saturated rings. The van der Waals surface area contributed by atoms with E-state index < -0.39 is 11.3 Å². The zero-order valence-corrected chi connectivity index (χ0v) is 24.4. The van der Waals surface area contributed by atoms with Crippen LogP contribution in [0.3, 0.4) is 0 Å². The summed E-state index contributed by atoms with van der Waals surface area (Å²) in [5, 5.41) is 11.6. The van der Waals surface area contributed by atoms with Crippen molar-refractivity contribution in [1.29, 1.82) is 0 Å². The van der Waals surface area contributed by atoms with Gasteiger partial charge in [-0.1, -0.05) is 24.3 Å². The van der Waals surface area contributed by atoms with Crippen molar-refractivity contribution in [2.45, 2.75) is 39.0 Å². The van der Waals surface area contributed by atoms with Crippen LogP contribution in [0.25, 0.3) is 6.08 Å². The summed E-state index contributed by atoms with van der Waals surface area (Å²) in [6.45, 7) is 10.7. The molecule has 0 atom stereocenters. The molecule has 6 rings (SSSR count). The molecule has 2 aliphatic heterocycles. The van der Waals surface area contributed by atoms with E-state index in [9.17, 15) is 19.2 Å². The van der Waals surface area contributed by atoms with Gasteiger partial charge in [-0.15, -0.1) is 0 Å². The van der Waals surface area contributed by atoms with Gasteiger partial charge in [-0.3, -0.25) is 28.3 Å². The molecule has 0 aromatic carbocycles. The summed E-state index contributed by atoms with van der Waals surface area (Å²) < 4.78 is 2.79. The van der Waals surface area contributed by atoms with Crippen molar-refractivity contribution in [3.63, 3.8) is 0 Å². The molecule has 2 amide bonds. The molecule has 14 nitrogen and oxygen atoms in total. The van der Waals surface area contributed by atoms with E-state index in [1.807, 2.05) is 0 Å². The summed E-state index contributed by atoms with van der Waals surface area (Å²) in [4.78, 5) is 65.0. The third-order valence-electron chi connectivity index (χ3n) is 6.68. The van der Waals surface area contributed by atoms with Crippen molar-refractivity contribution in [2.75, 3.05) is 10.6 Å². The van der Waals surface area contributed by atoms with Crippen molar-refractivity contribution in [3.8, 4) is 0 Å². The fourth-order valence-corrected chi connectivity index (χ4v) is 5.14. The number of rotatable bonds is 5. The molecular formula is C28H27ClN10O4. The van der Waals surface area contributed by atoms with E-state index in [-0.39, 0.29) is 39.3 Å². The van der Waals surface area contributed by atoms with Gasteiger partial charge in [0.2, 0.25) is 0 Å². The summed E-state index contributed by atoms with van der Waals surface area (Å²) in [7, 11) is 0. The second-order valence-electron chi connectivity index (χ2n) is 10.6. The van der Waals surface area contributed by atoms with E-state index in [0.717, 1.165) is 0 Å². The predicted octanol–water partition coefficient (Wildman–Crippen LogP) is 2.93. The Balaban J connectivity index is 0.000000171. The summed E-state index contributed by atoms with van der Waals surface area (Å²) in [6.07, 6.45) is 7.43. The molecule has 0 bridgehead atoms. The van der Waals surface area contributed by atoms with E-state index in [1.165, 1.54) is 27.9 Å². The minimum atomic E-state index is -0.837. The summed E-state index contributed by atoms with van der Waals surface area (Å²) in [5.74, 6) is 0.313. The maximum atomic E-state index is 12.7. The lowest BCUT2D eigenvalue weighted by molar-refractivity contribution is 0.0925. The molecule has 4 N–H and O–H groups in total. The average Bonchev–Trinajstić information content (AvgIpc) is 3.36. The summed E-state index contributed by atoms with van der Waals surface area (Å²) in [6, 6.07) is 6.31. The highest BCUT2D eigenvalue weighted by Crippen LogP contribution is 2.29. The fourth-order valence-electron chi connectivity index (χ4n) is 4.86. The molecule has 0 spiro atoms. The molecule has 43 heavy (non-hydrogen) atoms. The van der Waals surface area contributed by atoms with Gasteiger partial charge < -0.3 is 21.3 Å². The number of pyridine rings is 2. The average molecular weight is 603 g/mol. The van der Waals surface area contributed by atoms with Gasteiger partial charge in [-0.05, 0) is 52.0 Å². The largest absolute Gasteiger partial charge is 0.336 e. The minimum Gasteiger partial charge on any atom is -0.336 e. The van der Waals surface area contributed by atoms with Crippen LogP contribution in [-0.2, 0) is 11.3 Å². The molecule has 0 radical (unpaired) electrons. The molecule has 15 heteroatoms. The van der Waals surface area contributed by atoms with Crippen LogP contribution in [0.5, 0.6) is 0 Å². The Bertz CT molecular complexity index is 1890. The quantitative estimate of drug-likeness (QED) is 0.265. The molecule has 4 aromatic heterocycles. The molecule has 0 saturated heterocycles. The normalized spacial score (nSPS) is 15.3. The number of nitrogens with zero attached hydrogens (tertiary/aromatic N) is 6. The fraction of sp³-hybridized carbons (Fsp3) is 0.214. The lowest BCUT2D eigenvalue weighted by atomic mass is 10.1. The van der Waals surface area contributed by atoms with E-state index in [0.29, 0.717) is 28.6 Å². The van der Waals surface area contributed by atoms with Crippen LogP contribution in [0.2, 0.25) is 5.02 Å². The second-order valence-corrected chi connectivity index (χ2v) is 11.0. The van der Waals surface area contributed by atoms with Crippen molar-refractivity contribution < 1.29 is 9.59 Å². The predicted molar refractivity (Wildman–Crippen MR) is 161 cm³/mol. The van der Waals surface area contributed by atoms with Gasteiger partial charge in [0.1, 0.15) is 58.4 Å². The number of carbonyl (C=O) groups excluding carboxylic acids is 2. The number of carbonyl (C=O) groups is 2. The first-order valence-corrected chi connectivity index (χ1v) is 13.3. The first-order valence-electron chi connectivity index (χ1n) is 12.9. The van der Waals surface area contributed by atoms with Crippen LogP contribution >= 0.6 is 11.6 Å². The standard InChI is InChI=1S/C15H15N5O2.C13H12ClN5O2/c1-4-9-7-10(18-11-5-6-16-8-17-11)14(22)20-12(9)13(21)19-15(20,2)3;1-13(2)18-11(20)10-7(14)5-8(12(21)19(10)13)17-9-3-4-15-6-16-9/h4-8H,1H2,2-3H3,(H,19,21)(H,16,17,18);3-6H,1-2H3,(H,18,20)(H,15,16,17). The summed E-state index contributed by atoms with van der Waals surface area (Å²) >= 11 is 6.14. The zero-order valence-electron chi connectivity index (χ0n) is 23.6. The third-order valence-corrected chi connectivity index (χ3v) is 6.97. The number of nitrogens with one attached hydrogen (secondary N) is 4. The third kappa shape index (κ3) is 5.35. The van der Waals surface area contributed by atoms with Gasteiger partial charge in [0.05, 0.1) is 5.02 Å². The smallest absolute Gasteiger partial charge is 0.276 e. The van der Waals surface area contributed by atoms with Crippen LogP contribution in [0.1, 0.15) is 54.2 Å². The first kappa shape index (κ1) is 29.1. The maximum absolute atomic E-state index is 12.7. The maximum Gasteiger partial charge on any atom is 0.276 e. The molecule has 0 unspecified atom stereocenters. The molecule has 0 saturated carbocycles. The van der Waals surface area contributed by atoms with E-state index in [4.69, 9.17) is 11.6 Å². The number of fused-ring (bicyclic) bond motifs is 2. The minimum absolute atomic E-state index is 0.167. The highest BCUT2D eigenvalue weighted by Gasteiger charge is 2.39. The van der Waals surface area contributed by atoms with Crippen LogP contribution in [-0.4, -0.2) is 40.9 Å². The van der Waals surface area contributed by atoms with Crippen molar-refractivity contribution in [1.82, 2.24) is 39.7 Å². The molecule has 6 heterocycles. The molecule has 220 valence electrons. The summed E-state index contributed by atoms with van der Waals surface area (Å²) in [5.41, 5.74) is -0.661. The van der Waals surface area contributed by atoms with Crippen LogP contribution in [0.4, 0.5) is 23.0 Å². The van der Waals surface area contributed by atoms with Gasteiger partial charge in [0.25, 0.3) is 22.9 Å². The number of halogens is 1. The molecule has 2 aliphatic rings. The van der Waals surface area contributed by atoms with E-state index in [2.05, 4.69) is 47.8 Å². The lowest BCUT2D eigenvalue weighted by Crippen LogP contribution is -2.42.